The van der Waals surface area contributed by atoms with Crippen molar-refractivity contribution in [2.75, 3.05) is 6.54 Å². The lowest BCUT2D eigenvalue weighted by molar-refractivity contribution is 0.0685. The summed E-state index contributed by atoms with van der Waals surface area (Å²) in [4.78, 5) is 11.8. The van der Waals surface area contributed by atoms with Crippen LogP contribution in [-0.4, -0.2) is 22.2 Å². The molecule has 0 amide bonds. The van der Waals surface area contributed by atoms with Crippen LogP contribution >= 0.6 is 0 Å². The van der Waals surface area contributed by atoms with E-state index in [0.717, 1.165) is 28.6 Å². The molecule has 0 aliphatic heterocycles. The fourth-order valence-electron chi connectivity index (χ4n) is 3.39. The molecule has 3 rings (SSSR count). The molecule has 0 bridgehead atoms. The number of carbonyl (C=O) groups is 1. The van der Waals surface area contributed by atoms with Gasteiger partial charge in [0.15, 0.2) is 0 Å². The third-order valence-corrected chi connectivity index (χ3v) is 4.78. The maximum atomic E-state index is 11.8. The minimum absolute atomic E-state index is 0.362. The summed E-state index contributed by atoms with van der Waals surface area (Å²) >= 11 is 0. The zero-order valence-electron chi connectivity index (χ0n) is 14.9. The number of nitrogens with one attached hydrogen (secondary N) is 1. The quantitative estimate of drug-likeness (QED) is 0.713. The van der Waals surface area contributed by atoms with Gasteiger partial charge < -0.3 is 15.0 Å². The number of aromatic nitrogens is 1. The van der Waals surface area contributed by atoms with E-state index in [1.54, 1.807) is 4.57 Å². The van der Waals surface area contributed by atoms with Crippen molar-refractivity contribution in [3.63, 3.8) is 0 Å². The molecular formula is C21H24N2O2. The molecule has 1 aromatic heterocycles. The lowest BCUT2D eigenvalue weighted by atomic mass is 10.0. The van der Waals surface area contributed by atoms with Gasteiger partial charge in [-0.1, -0.05) is 49.4 Å². The van der Waals surface area contributed by atoms with Gasteiger partial charge in [0, 0.05) is 36.6 Å². The van der Waals surface area contributed by atoms with Crippen LogP contribution in [0.4, 0.5) is 0 Å². The first-order valence-electron chi connectivity index (χ1n) is 8.56. The second-order valence-corrected chi connectivity index (χ2v) is 6.65. The van der Waals surface area contributed by atoms with Crippen molar-refractivity contribution in [2.45, 2.75) is 26.3 Å². The molecule has 0 unspecified atom stereocenters. The highest BCUT2D eigenvalue weighted by Crippen LogP contribution is 2.26. The van der Waals surface area contributed by atoms with Gasteiger partial charge in [-0.3, -0.25) is 0 Å². The van der Waals surface area contributed by atoms with Crippen molar-refractivity contribution in [1.82, 2.24) is 9.88 Å². The van der Waals surface area contributed by atoms with Gasteiger partial charge in [-0.05, 0) is 30.0 Å². The second-order valence-electron chi connectivity index (χ2n) is 6.65. The molecule has 25 heavy (non-hydrogen) atoms. The SMILES string of the molecule is Cc1ccc2c(CNC[C@@H](C)c3ccccc3)c(C(=O)O)n(C)c2c1. The van der Waals surface area contributed by atoms with Gasteiger partial charge >= 0.3 is 5.97 Å². The third kappa shape index (κ3) is 3.44. The van der Waals surface area contributed by atoms with Crippen molar-refractivity contribution in [1.29, 1.82) is 0 Å². The van der Waals surface area contributed by atoms with Gasteiger partial charge in [-0.15, -0.1) is 0 Å². The van der Waals surface area contributed by atoms with E-state index >= 15 is 0 Å². The Morgan fingerprint density at radius 3 is 2.60 bits per heavy atom. The van der Waals surface area contributed by atoms with Crippen LogP contribution in [-0.2, 0) is 13.6 Å². The Balaban J connectivity index is 1.83. The Labute approximate surface area is 148 Å². The maximum absolute atomic E-state index is 11.8. The molecule has 0 aliphatic carbocycles. The van der Waals surface area contributed by atoms with Gasteiger partial charge in [-0.25, -0.2) is 4.79 Å². The molecule has 0 radical (unpaired) electrons. The van der Waals surface area contributed by atoms with Crippen LogP contribution in [0.1, 0.15) is 40.0 Å². The fraction of sp³-hybridized carbons (Fsp3) is 0.286. The minimum atomic E-state index is -0.885. The number of rotatable bonds is 6. The number of carboxylic acids is 1. The average Bonchev–Trinajstić information content (AvgIpc) is 2.87. The van der Waals surface area contributed by atoms with Gasteiger partial charge in [0.1, 0.15) is 5.69 Å². The van der Waals surface area contributed by atoms with Crippen LogP contribution in [0, 0.1) is 6.92 Å². The van der Waals surface area contributed by atoms with Crippen molar-refractivity contribution in [3.8, 4) is 0 Å². The van der Waals surface area contributed by atoms with E-state index in [-0.39, 0.29) is 0 Å². The first kappa shape index (κ1) is 17.2. The van der Waals surface area contributed by atoms with Crippen molar-refractivity contribution >= 4 is 16.9 Å². The summed E-state index contributed by atoms with van der Waals surface area (Å²) < 4.78 is 1.78. The smallest absolute Gasteiger partial charge is 0.352 e. The molecule has 0 fully saturated rings. The largest absolute Gasteiger partial charge is 0.477 e. The molecule has 4 heteroatoms. The van der Waals surface area contributed by atoms with E-state index < -0.39 is 5.97 Å². The standard InChI is InChI=1S/C21H24N2O2/c1-14-9-10-17-18(20(21(24)25)23(3)19(17)11-14)13-22-12-15(2)16-7-5-4-6-8-16/h4-11,15,22H,12-13H2,1-3H3,(H,24,25)/t15-/m1/s1. The molecule has 130 valence electrons. The van der Waals surface area contributed by atoms with E-state index in [2.05, 4.69) is 24.4 Å². The molecular weight excluding hydrogens is 312 g/mol. The number of hydrogen-bond donors (Lipinski definition) is 2. The predicted molar refractivity (Wildman–Crippen MR) is 101 cm³/mol. The Morgan fingerprint density at radius 1 is 1.20 bits per heavy atom. The van der Waals surface area contributed by atoms with E-state index in [4.69, 9.17) is 0 Å². The molecule has 1 atom stereocenters. The molecule has 2 aromatic carbocycles. The molecule has 2 N–H and O–H groups in total. The molecule has 3 aromatic rings. The van der Waals surface area contributed by atoms with E-state index in [1.807, 2.05) is 50.4 Å². The number of aryl methyl sites for hydroxylation is 2. The van der Waals surface area contributed by atoms with E-state index in [1.165, 1.54) is 5.56 Å². The Bertz CT molecular complexity index is 897. The highest BCUT2D eigenvalue weighted by Gasteiger charge is 2.20. The lowest BCUT2D eigenvalue weighted by Gasteiger charge is -2.13. The summed E-state index contributed by atoms with van der Waals surface area (Å²) in [7, 11) is 1.82. The number of nitrogens with zero attached hydrogens (tertiary/aromatic N) is 1. The van der Waals surface area contributed by atoms with Crippen LogP contribution in [0.5, 0.6) is 0 Å². The van der Waals surface area contributed by atoms with Crippen LogP contribution in [0.15, 0.2) is 48.5 Å². The summed E-state index contributed by atoms with van der Waals surface area (Å²) in [6.07, 6.45) is 0. The van der Waals surface area contributed by atoms with Crippen molar-refractivity contribution in [3.05, 3.63) is 70.9 Å². The van der Waals surface area contributed by atoms with Gasteiger partial charge in [0.25, 0.3) is 0 Å². The van der Waals surface area contributed by atoms with Gasteiger partial charge in [0.2, 0.25) is 0 Å². The molecule has 0 saturated heterocycles. The molecule has 1 heterocycles. The first-order chi connectivity index (χ1) is 12.0. The third-order valence-electron chi connectivity index (χ3n) is 4.78. The number of benzene rings is 2. The highest BCUT2D eigenvalue weighted by atomic mass is 16.4. The predicted octanol–water partition coefficient (Wildman–Crippen LogP) is 4.08. The molecule has 4 nitrogen and oxygen atoms in total. The van der Waals surface area contributed by atoms with Crippen LogP contribution in [0.25, 0.3) is 10.9 Å². The Hall–Kier alpha value is -2.59. The topological polar surface area (TPSA) is 54.3 Å². The summed E-state index contributed by atoms with van der Waals surface area (Å²) in [5, 5.41) is 14.1. The number of hydrogen-bond acceptors (Lipinski definition) is 2. The van der Waals surface area contributed by atoms with E-state index in [0.29, 0.717) is 18.2 Å². The normalized spacial score (nSPS) is 12.4. The zero-order chi connectivity index (χ0) is 18.0. The monoisotopic (exact) mass is 336 g/mol. The summed E-state index contributed by atoms with van der Waals surface area (Å²) in [5.41, 5.74) is 4.58. The lowest BCUT2D eigenvalue weighted by Crippen LogP contribution is -2.21. The molecule has 0 saturated carbocycles. The minimum Gasteiger partial charge on any atom is -0.477 e. The Morgan fingerprint density at radius 2 is 1.92 bits per heavy atom. The van der Waals surface area contributed by atoms with E-state index in [9.17, 15) is 9.90 Å². The van der Waals surface area contributed by atoms with Crippen molar-refractivity contribution < 1.29 is 9.90 Å². The summed E-state index contributed by atoms with van der Waals surface area (Å²) in [5.74, 6) is -0.518. The number of aromatic carboxylic acids is 1. The average molecular weight is 336 g/mol. The second kappa shape index (κ2) is 7.11. The van der Waals surface area contributed by atoms with Crippen LogP contribution in [0.2, 0.25) is 0 Å². The number of carboxylic acid groups (broad SMARTS) is 1. The first-order valence-corrected chi connectivity index (χ1v) is 8.56. The van der Waals surface area contributed by atoms with Crippen molar-refractivity contribution in [2.24, 2.45) is 7.05 Å². The van der Waals surface area contributed by atoms with Gasteiger partial charge in [-0.2, -0.15) is 0 Å². The van der Waals surface area contributed by atoms with Crippen LogP contribution < -0.4 is 5.32 Å². The molecule has 0 aliphatic rings. The fourth-order valence-corrected chi connectivity index (χ4v) is 3.39. The number of fused-ring (bicyclic) bond motifs is 1. The highest BCUT2D eigenvalue weighted by molar-refractivity contribution is 5.98. The Kier molecular flexibility index (Phi) is 4.91. The summed E-state index contributed by atoms with van der Waals surface area (Å²) in [6.45, 7) is 5.53. The van der Waals surface area contributed by atoms with Gasteiger partial charge in [0.05, 0.1) is 0 Å². The van der Waals surface area contributed by atoms with Crippen LogP contribution in [0.3, 0.4) is 0 Å². The summed E-state index contributed by atoms with van der Waals surface area (Å²) in [6, 6.07) is 16.4. The zero-order valence-corrected chi connectivity index (χ0v) is 14.9. The maximum Gasteiger partial charge on any atom is 0.352 e. The molecule has 0 spiro atoms.